The summed E-state index contributed by atoms with van der Waals surface area (Å²) in [4.78, 5) is 14.2. The summed E-state index contributed by atoms with van der Waals surface area (Å²) in [6, 6.07) is 34.2. The molecule has 0 atom stereocenters. The van der Waals surface area contributed by atoms with Crippen molar-refractivity contribution in [1.29, 1.82) is 0 Å². The Bertz CT molecular complexity index is 3570. The number of fused-ring (bicyclic) bond motifs is 3. The molecule has 18 heteroatoms. The molecule has 0 aliphatic rings. The van der Waals surface area contributed by atoms with Crippen molar-refractivity contribution < 1.29 is 61.5 Å². The highest BCUT2D eigenvalue weighted by atomic mass is 19.4. The molecule has 10 rings (SSSR count). The van der Waals surface area contributed by atoms with E-state index in [0.717, 1.165) is 12.1 Å². The Labute approximate surface area is 403 Å². The van der Waals surface area contributed by atoms with Crippen molar-refractivity contribution in [3.05, 3.63) is 204 Å². The van der Waals surface area contributed by atoms with Crippen LogP contribution >= 0.6 is 0 Å². The maximum absolute atomic E-state index is 16.2. The van der Waals surface area contributed by atoms with Gasteiger partial charge in [-0.05, 0) is 76.9 Å². The summed E-state index contributed by atoms with van der Waals surface area (Å²) in [6.07, 6.45) is -21.0. The number of hydrogen-bond donors (Lipinski definition) is 0. The van der Waals surface area contributed by atoms with Crippen molar-refractivity contribution in [2.75, 3.05) is 0 Å². The largest absolute Gasteiger partial charge is 0.417 e. The minimum Gasteiger partial charge on any atom is -0.309 e. The van der Waals surface area contributed by atoms with Crippen molar-refractivity contribution in [2.24, 2.45) is 0 Å². The van der Waals surface area contributed by atoms with Gasteiger partial charge < -0.3 is 4.57 Å². The van der Waals surface area contributed by atoms with Gasteiger partial charge in [0.15, 0.2) is 17.5 Å². The van der Waals surface area contributed by atoms with Crippen LogP contribution in [0.4, 0.5) is 61.5 Å². The van der Waals surface area contributed by atoms with Gasteiger partial charge in [0, 0.05) is 44.7 Å². The van der Waals surface area contributed by atoms with Gasteiger partial charge in [0.25, 0.3) is 0 Å². The third kappa shape index (κ3) is 9.24. The Kier molecular flexibility index (Phi) is 11.7. The van der Waals surface area contributed by atoms with Crippen LogP contribution in [0.15, 0.2) is 170 Å². The van der Waals surface area contributed by atoms with Gasteiger partial charge in [0.1, 0.15) is 11.6 Å². The molecule has 0 unspecified atom stereocenters. The van der Waals surface area contributed by atoms with Crippen LogP contribution in [0, 0.1) is 11.6 Å². The molecule has 8 aromatic carbocycles. The van der Waals surface area contributed by atoms with E-state index < -0.39 is 69.7 Å². The Morgan fingerprint density at radius 1 is 0.329 bits per heavy atom. The molecule has 10 aromatic rings. The molecule has 0 saturated heterocycles. The molecular formula is C55H28F14N4. The Balaban J connectivity index is 1.32. The number of benzene rings is 8. The standard InChI is InChI=1S/C55H28F14N4/c56-36-16-22-39(45(57)28-36)40-19-13-33(51-71-49(29-7-3-1-4-8-29)70-50(72-51)30-9-5-2-6-10-30)25-48(40)73-46-23-31(37-20-14-34(52(58,59)60)26-43(37)54(64,65)66)11-17-41(46)42-18-12-32(24-47(42)73)38-21-15-35(53(61,62)63)27-44(38)55(67,68)69/h1-28H. The van der Waals surface area contributed by atoms with E-state index in [9.17, 15) is 57.1 Å². The van der Waals surface area contributed by atoms with Gasteiger partial charge in [-0.25, -0.2) is 23.7 Å². The summed E-state index contributed by atoms with van der Waals surface area (Å²) in [7, 11) is 0. The number of aromatic nitrogens is 4. The fraction of sp³-hybridized carbons (Fsp3) is 0.0727. The lowest BCUT2D eigenvalue weighted by atomic mass is 9.95. The average Bonchev–Trinajstić information content (AvgIpc) is 3.68. The Hall–Kier alpha value is -8.41. The second kappa shape index (κ2) is 17.7. The van der Waals surface area contributed by atoms with Gasteiger partial charge >= 0.3 is 24.7 Å². The quantitative estimate of drug-likeness (QED) is 0.149. The van der Waals surface area contributed by atoms with Crippen LogP contribution in [-0.2, 0) is 24.7 Å². The lowest BCUT2D eigenvalue weighted by Crippen LogP contribution is -2.12. The second-order valence-corrected chi connectivity index (χ2v) is 16.7. The first-order valence-corrected chi connectivity index (χ1v) is 21.7. The lowest BCUT2D eigenvalue weighted by molar-refractivity contribution is -0.144. The molecular weight excluding hydrogens is 983 g/mol. The van der Waals surface area contributed by atoms with Crippen LogP contribution < -0.4 is 0 Å². The summed E-state index contributed by atoms with van der Waals surface area (Å²) in [6.45, 7) is 0. The summed E-state index contributed by atoms with van der Waals surface area (Å²) >= 11 is 0. The van der Waals surface area contributed by atoms with Crippen LogP contribution in [0.3, 0.4) is 0 Å². The topological polar surface area (TPSA) is 43.6 Å². The Morgan fingerprint density at radius 3 is 1.16 bits per heavy atom. The molecule has 2 heterocycles. The number of hydrogen-bond acceptors (Lipinski definition) is 3. The van der Waals surface area contributed by atoms with E-state index in [0.29, 0.717) is 41.5 Å². The molecule has 0 amide bonds. The van der Waals surface area contributed by atoms with Crippen molar-refractivity contribution in [3.63, 3.8) is 0 Å². The molecule has 0 radical (unpaired) electrons. The summed E-state index contributed by atoms with van der Waals surface area (Å²) in [5, 5.41) is 0.422. The van der Waals surface area contributed by atoms with E-state index in [-0.39, 0.29) is 84.9 Å². The van der Waals surface area contributed by atoms with E-state index in [2.05, 4.69) is 0 Å². The fourth-order valence-electron chi connectivity index (χ4n) is 8.76. The van der Waals surface area contributed by atoms with Gasteiger partial charge in [0.05, 0.1) is 39.0 Å². The number of nitrogens with zero attached hydrogens (tertiary/aromatic N) is 4. The van der Waals surface area contributed by atoms with Gasteiger partial charge in [-0.3, -0.25) is 0 Å². The minimum atomic E-state index is -5.33. The molecule has 366 valence electrons. The smallest absolute Gasteiger partial charge is 0.309 e. The highest BCUT2D eigenvalue weighted by molar-refractivity contribution is 6.12. The van der Waals surface area contributed by atoms with Crippen LogP contribution in [-0.4, -0.2) is 19.5 Å². The van der Waals surface area contributed by atoms with Crippen LogP contribution in [0.25, 0.3) is 95.0 Å². The Morgan fingerprint density at radius 2 is 0.740 bits per heavy atom. The number of alkyl halides is 12. The SMILES string of the molecule is Fc1ccc(-c2ccc(-c3nc(-c4ccccc4)nc(-c4ccccc4)n3)cc2-n2c3cc(-c4ccc(C(F)(F)F)cc4C(F)(F)F)ccc3c3ccc(-c4ccc(C(F)(F)F)cc4C(F)(F)F)cc32)c(F)c1. The molecule has 0 fully saturated rings. The summed E-state index contributed by atoms with van der Waals surface area (Å²) in [5.41, 5.74) is -7.41. The van der Waals surface area contributed by atoms with Gasteiger partial charge in [-0.1, -0.05) is 109 Å². The highest BCUT2D eigenvalue weighted by Crippen LogP contribution is 2.47. The zero-order valence-corrected chi connectivity index (χ0v) is 36.7. The summed E-state index contributed by atoms with van der Waals surface area (Å²) < 4.78 is 203. The number of rotatable bonds is 7. The first-order valence-electron chi connectivity index (χ1n) is 21.7. The molecule has 0 bridgehead atoms. The zero-order chi connectivity index (χ0) is 51.8. The predicted octanol–water partition coefficient (Wildman–Crippen LogP) is 17.3. The summed E-state index contributed by atoms with van der Waals surface area (Å²) in [5.74, 6) is -1.61. The fourth-order valence-corrected chi connectivity index (χ4v) is 8.76. The van der Waals surface area contributed by atoms with E-state index in [4.69, 9.17) is 15.0 Å². The van der Waals surface area contributed by atoms with Crippen molar-refractivity contribution in [3.8, 4) is 73.2 Å². The number of halogens is 14. The molecule has 4 nitrogen and oxygen atoms in total. The van der Waals surface area contributed by atoms with Crippen LogP contribution in [0.2, 0.25) is 0 Å². The van der Waals surface area contributed by atoms with E-state index in [1.807, 2.05) is 0 Å². The molecule has 0 saturated carbocycles. The van der Waals surface area contributed by atoms with E-state index in [1.165, 1.54) is 59.2 Å². The molecule has 2 aromatic heterocycles. The maximum Gasteiger partial charge on any atom is 0.417 e. The first-order chi connectivity index (χ1) is 34.5. The normalized spacial score (nSPS) is 12.5. The highest BCUT2D eigenvalue weighted by Gasteiger charge is 2.40. The van der Waals surface area contributed by atoms with Gasteiger partial charge in [0.2, 0.25) is 0 Å². The van der Waals surface area contributed by atoms with Crippen molar-refractivity contribution in [1.82, 2.24) is 19.5 Å². The first kappa shape index (κ1) is 48.2. The zero-order valence-electron chi connectivity index (χ0n) is 36.7. The van der Waals surface area contributed by atoms with Crippen LogP contribution in [0.1, 0.15) is 22.3 Å². The van der Waals surface area contributed by atoms with Gasteiger partial charge in [-0.15, -0.1) is 0 Å². The molecule has 0 aliphatic heterocycles. The predicted molar refractivity (Wildman–Crippen MR) is 247 cm³/mol. The van der Waals surface area contributed by atoms with Gasteiger partial charge in [-0.2, -0.15) is 52.7 Å². The third-order valence-corrected chi connectivity index (χ3v) is 12.1. The lowest BCUT2D eigenvalue weighted by Gasteiger charge is -2.19. The molecule has 0 N–H and O–H groups in total. The second-order valence-electron chi connectivity index (χ2n) is 16.7. The minimum absolute atomic E-state index is 0.0207. The maximum atomic E-state index is 16.2. The van der Waals surface area contributed by atoms with Crippen LogP contribution in [0.5, 0.6) is 0 Å². The average molecular weight is 1010 g/mol. The van der Waals surface area contributed by atoms with Crippen molar-refractivity contribution >= 4 is 21.8 Å². The molecule has 73 heavy (non-hydrogen) atoms. The van der Waals surface area contributed by atoms with E-state index in [1.54, 1.807) is 60.7 Å². The molecule has 0 aliphatic carbocycles. The van der Waals surface area contributed by atoms with E-state index >= 15 is 4.39 Å². The monoisotopic (exact) mass is 1010 g/mol. The third-order valence-electron chi connectivity index (χ3n) is 12.1. The van der Waals surface area contributed by atoms with Crippen molar-refractivity contribution in [2.45, 2.75) is 24.7 Å². The molecule has 0 spiro atoms.